The Morgan fingerprint density at radius 2 is 1.76 bits per heavy atom. The van der Waals surface area contributed by atoms with Crippen LogP contribution >= 0.6 is 0 Å². The summed E-state index contributed by atoms with van der Waals surface area (Å²) in [6, 6.07) is 13.8. The Kier molecular flexibility index (Phi) is 2.22. The highest BCUT2D eigenvalue weighted by molar-refractivity contribution is 5.92. The highest BCUT2D eigenvalue weighted by Gasteiger charge is 2.04. The molecule has 82 valence electrons. The van der Waals surface area contributed by atoms with Gasteiger partial charge in [-0.2, -0.15) is 0 Å². The van der Waals surface area contributed by atoms with Gasteiger partial charge < -0.3 is 5.73 Å². The van der Waals surface area contributed by atoms with Gasteiger partial charge in [-0.25, -0.2) is 9.97 Å². The van der Waals surface area contributed by atoms with E-state index < -0.39 is 0 Å². The van der Waals surface area contributed by atoms with Crippen molar-refractivity contribution < 1.29 is 0 Å². The van der Waals surface area contributed by atoms with Gasteiger partial charge in [-0.15, -0.1) is 0 Å². The highest BCUT2D eigenvalue weighted by Crippen LogP contribution is 2.27. The van der Waals surface area contributed by atoms with Crippen molar-refractivity contribution in [2.75, 3.05) is 5.73 Å². The Labute approximate surface area is 98.9 Å². The standard InChI is InChI=1S/C14H11N3/c15-11-4-1-3-10(9-11)12-6-8-17-14-13(12)5-2-7-16-14/h1-9H,15H2. The van der Waals surface area contributed by atoms with E-state index in [1.807, 2.05) is 42.5 Å². The number of fused-ring (bicyclic) bond motifs is 1. The predicted octanol–water partition coefficient (Wildman–Crippen LogP) is 2.88. The summed E-state index contributed by atoms with van der Waals surface area (Å²) in [6.45, 7) is 0. The van der Waals surface area contributed by atoms with Gasteiger partial charge in [-0.05, 0) is 41.5 Å². The van der Waals surface area contributed by atoms with Crippen molar-refractivity contribution in [1.82, 2.24) is 9.97 Å². The normalized spacial score (nSPS) is 10.6. The first kappa shape index (κ1) is 9.78. The fourth-order valence-electron chi connectivity index (χ4n) is 1.94. The molecule has 0 atom stereocenters. The number of hydrogen-bond acceptors (Lipinski definition) is 3. The second-order valence-corrected chi connectivity index (χ2v) is 3.86. The first-order valence-electron chi connectivity index (χ1n) is 5.40. The van der Waals surface area contributed by atoms with E-state index in [2.05, 4.69) is 9.97 Å². The molecule has 3 nitrogen and oxygen atoms in total. The van der Waals surface area contributed by atoms with Crippen molar-refractivity contribution in [3.8, 4) is 11.1 Å². The van der Waals surface area contributed by atoms with E-state index in [0.717, 1.165) is 27.8 Å². The first-order chi connectivity index (χ1) is 8.34. The van der Waals surface area contributed by atoms with Crippen LogP contribution in [0.3, 0.4) is 0 Å². The zero-order valence-electron chi connectivity index (χ0n) is 9.17. The molecule has 0 spiro atoms. The number of anilines is 1. The van der Waals surface area contributed by atoms with Crippen molar-refractivity contribution in [1.29, 1.82) is 0 Å². The van der Waals surface area contributed by atoms with Crippen molar-refractivity contribution in [3.63, 3.8) is 0 Å². The lowest BCUT2D eigenvalue weighted by Gasteiger charge is -2.06. The van der Waals surface area contributed by atoms with Crippen molar-refractivity contribution >= 4 is 16.7 Å². The number of pyridine rings is 2. The fourth-order valence-corrected chi connectivity index (χ4v) is 1.94. The lowest BCUT2D eigenvalue weighted by Crippen LogP contribution is -1.88. The van der Waals surface area contributed by atoms with Crippen molar-refractivity contribution in [3.05, 3.63) is 54.9 Å². The van der Waals surface area contributed by atoms with E-state index >= 15 is 0 Å². The first-order valence-corrected chi connectivity index (χ1v) is 5.40. The number of benzene rings is 1. The summed E-state index contributed by atoms with van der Waals surface area (Å²) in [7, 11) is 0. The fraction of sp³-hybridized carbons (Fsp3) is 0. The third-order valence-electron chi connectivity index (χ3n) is 2.71. The molecule has 0 amide bonds. The molecule has 0 bridgehead atoms. The van der Waals surface area contributed by atoms with Gasteiger partial charge in [0.05, 0.1) is 0 Å². The molecule has 2 heterocycles. The van der Waals surface area contributed by atoms with Crippen LogP contribution in [0, 0.1) is 0 Å². The molecule has 2 N–H and O–H groups in total. The topological polar surface area (TPSA) is 51.8 Å². The molecule has 0 aliphatic carbocycles. The summed E-state index contributed by atoms with van der Waals surface area (Å²) < 4.78 is 0. The van der Waals surface area contributed by atoms with Gasteiger partial charge in [0.25, 0.3) is 0 Å². The Bertz CT molecular complexity index is 672. The zero-order chi connectivity index (χ0) is 11.7. The lowest BCUT2D eigenvalue weighted by atomic mass is 10.0. The zero-order valence-corrected chi connectivity index (χ0v) is 9.17. The SMILES string of the molecule is Nc1cccc(-c2ccnc3ncccc23)c1. The van der Waals surface area contributed by atoms with Gasteiger partial charge >= 0.3 is 0 Å². The quantitative estimate of drug-likeness (QED) is 0.643. The Balaban J connectivity index is 2.30. The third kappa shape index (κ3) is 1.72. The maximum absolute atomic E-state index is 5.81. The average Bonchev–Trinajstić information content (AvgIpc) is 2.38. The molecule has 0 aliphatic rings. The Morgan fingerprint density at radius 1 is 0.882 bits per heavy atom. The van der Waals surface area contributed by atoms with Gasteiger partial charge in [0, 0.05) is 23.5 Å². The van der Waals surface area contributed by atoms with Crippen LogP contribution in [-0.2, 0) is 0 Å². The van der Waals surface area contributed by atoms with E-state index in [-0.39, 0.29) is 0 Å². The van der Waals surface area contributed by atoms with Gasteiger partial charge in [-0.1, -0.05) is 12.1 Å². The summed E-state index contributed by atoms with van der Waals surface area (Å²) in [5.74, 6) is 0. The molecular formula is C14H11N3. The van der Waals surface area contributed by atoms with Gasteiger partial charge in [-0.3, -0.25) is 0 Å². The number of hydrogen-bond donors (Lipinski definition) is 1. The van der Waals surface area contributed by atoms with Crippen molar-refractivity contribution in [2.24, 2.45) is 0 Å². The van der Waals surface area contributed by atoms with Crippen LogP contribution in [0.15, 0.2) is 54.9 Å². The van der Waals surface area contributed by atoms with E-state index in [4.69, 9.17) is 5.73 Å². The number of rotatable bonds is 1. The average molecular weight is 221 g/mol. The Morgan fingerprint density at radius 3 is 2.65 bits per heavy atom. The molecule has 1 aromatic carbocycles. The van der Waals surface area contributed by atoms with E-state index in [9.17, 15) is 0 Å². The van der Waals surface area contributed by atoms with Crippen LogP contribution in [0.25, 0.3) is 22.2 Å². The predicted molar refractivity (Wildman–Crippen MR) is 69.4 cm³/mol. The summed E-state index contributed by atoms with van der Waals surface area (Å²) >= 11 is 0. The molecule has 0 saturated carbocycles. The molecule has 3 heteroatoms. The lowest BCUT2D eigenvalue weighted by molar-refractivity contribution is 1.29. The second kappa shape index (κ2) is 3.87. The number of aromatic nitrogens is 2. The van der Waals surface area contributed by atoms with Gasteiger partial charge in [0.2, 0.25) is 0 Å². The van der Waals surface area contributed by atoms with Crippen LogP contribution in [0.1, 0.15) is 0 Å². The molecule has 3 aromatic rings. The molecule has 0 aliphatic heterocycles. The summed E-state index contributed by atoms with van der Waals surface area (Å²) in [4.78, 5) is 8.49. The molecule has 0 fully saturated rings. The number of nitrogen functional groups attached to an aromatic ring is 1. The molecule has 2 aromatic heterocycles. The van der Waals surface area contributed by atoms with Gasteiger partial charge in [0.1, 0.15) is 0 Å². The smallest absolute Gasteiger partial charge is 0.159 e. The maximum Gasteiger partial charge on any atom is 0.159 e. The van der Waals surface area contributed by atoms with Crippen LogP contribution in [0.2, 0.25) is 0 Å². The van der Waals surface area contributed by atoms with Crippen LogP contribution in [0.5, 0.6) is 0 Å². The van der Waals surface area contributed by atoms with E-state index in [1.165, 1.54) is 0 Å². The van der Waals surface area contributed by atoms with Crippen LogP contribution < -0.4 is 5.73 Å². The minimum atomic E-state index is 0.757. The summed E-state index contributed by atoms with van der Waals surface area (Å²) in [5, 5.41) is 1.04. The molecule has 17 heavy (non-hydrogen) atoms. The van der Waals surface area contributed by atoms with E-state index in [1.54, 1.807) is 12.4 Å². The largest absolute Gasteiger partial charge is 0.399 e. The molecule has 0 unspecified atom stereocenters. The number of nitrogens with zero attached hydrogens (tertiary/aromatic N) is 2. The molecular weight excluding hydrogens is 210 g/mol. The monoisotopic (exact) mass is 221 g/mol. The van der Waals surface area contributed by atoms with Crippen LogP contribution in [-0.4, -0.2) is 9.97 Å². The molecule has 0 saturated heterocycles. The van der Waals surface area contributed by atoms with E-state index in [0.29, 0.717) is 0 Å². The number of nitrogens with two attached hydrogens (primary N) is 1. The van der Waals surface area contributed by atoms with Crippen LogP contribution in [0.4, 0.5) is 5.69 Å². The maximum atomic E-state index is 5.81. The molecule has 0 radical (unpaired) electrons. The Hall–Kier alpha value is -2.42. The summed E-state index contributed by atoms with van der Waals surface area (Å²) in [5.41, 5.74) is 9.52. The van der Waals surface area contributed by atoms with Crippen molar-refractivity contribution in [2.45, 2.75) is 0 Å². The summed E-state index contributed by atoms with van der Waals surface area (Å²) in [6.07, 6.45) is 3.52. The minimum absolute atomic E-state index is 0.757. The molecule has 3 rings (SSSR count). The third-order valence-corrected chi connectivity index (χ3v) is 2.71. The highest BCUT2D eigenvalue weighted by atomic mass is 14.8. The van der Waals surface area contributed by atoms with Gasteiger partial charge in [0.15, 0.2) is 5.65 Å². The second-order valence-electron chi connectivity index (χ2n) is 3.86. The minimum Gasteiger partial charge on any atom is -0.399 e.